The highest BCUT2D eigenvalue weighted by Crippen LogP contribution is 2.27. The number of hydrogen-bond acceptors (Lipinski definition) is 6. The fourth-order valence-corrected chi connectivity index (χ4v) is 3.45. The van der Waals surface area contributed by atoms with E-state index in [9.17, 15) is 9.18 Å². The highest BCUT2D eigenvalue weighted by atomic mass is 19.1. The zero-order valence-electron chi connectivity index (χ0n) is 15.5. The highest BCUT2D eigenvalue weighted by molar-refractivity contribution is 5.93. The number of anilines is 1. The molecule has 146 valence electrons. The summed E-state index contributed by atoms with van der Waals surface area (Å²) in [5.41, 5.74) is 1.73. The second-order valence-electron chi connectivity index (χ2n) is 6.78. The lowest BCUT2D eigenvalue weighted by Gasteiger charge is -2.12. The largest absolute Gasteiger partial charge is 0.497 e. The van der Waals surface area contributed by atoms with E-state index in [1.54, 1.807) is 17.7 Å². The van der Waals surface area contributed by atoms with Crippen LogP contribution in [0.15, 0.2) is 42.5 Å². The van der Waals surface area contributed by atoms with E-state index in [2.05, 4.69) is 25.7 Å². The number of nitrogens with one attached hydrogen (secondary N) is 2. The minimum atomic E-state index is -0.429. The van der Waals surface area contributed by atoms with Crippen molar-refractivity contribution in [1.82, 2.24) is 24.9 Å². The number of nitrogens with zero attached hydrogens (tertiary/aromatic N) is 4. The van der Waals surface area contributed by atoms with Crippen molar-refractivity contribution in [2.24, 2.45) is 0 Å². The standard InChI is InChI=1S/C20H17FN6O2/c1-29-13-4-2-3-11(9-13)17-25-18-14-6-5-12(21)10-16(14)24-20(27(18)26-17)23-15-7-8-22-19(15)28/h2-6,9-10,15H,7-8H2,1H3,(H,22,28)(H,23,24)/t15-/m1/s1. The number of fused-ring (bicyclic) bond motifs is 3. The van der Waals surface area contributed by atoms with Crippen molar-refractivity contribution in [3.05, 3.63) is 48.3 Å². The van der Waals surface area contributed by atoms with Crippen LogP contribution in [0.4, 0.5) is 10.3 Å². The lowest BCUT2D eigenvalue weighted by Crippen LogP contribution is -2.30. The second kappa shape index (κ2) is 6.69. The average Bonchev–Trinajstić information content (AvgIpc) is 3.35. The van der Waals surface area contributed by atoms with Gasteiger partial charge in [-0.25, -0.2) is 14.4 Å². The maximum absolute atomic E-state index is 13.8. The van der Waals surface area contributed by atoms with Crippen molar-refractivity contribution in [2.45, 2.75) is 12.5 Å². The molecule has 5 rings (SSSR count). The molecule has 2 aromatic heterocycles. The Morgan fingerprint density at radius 2 is 2.14 bits per heavy atom. The molecule has 1 aliphatic rings. The summed E-state index contributed by atoms with van der Waals surface area (Å²) in [7, 11) is 1.59. The molecule has 9 heteroatoms. The Bertz CT molecular complexity index is 1250. The van der Waals surface area contributed by atoms with Crippen molar-refractivity contribution in [3.8, 4) is 17.1 Å². The molecule has 8 nitrogen and oxygen atoms in total. The van der Waals surface area contributed by atoms with Gasteiger partial charge in [0.05, 0.1) is 12.6 Å². The van der Waals surface area contributed by atoms with Crippen molar-refractivity contribution in [1.29, 1.82) is 0 Å². The smallest absolute Gasteiger partial charge is 0.242 e. The average molecular weight is 392 g/mol. The van der Waals surface area contributed by atoms with Crippen LogP contribution in [0.5, 0.6) is 5.75 Å². The number of ether oxygens (including phenoxy) is 1. The minimum absolute atomic E-state index is 0.104. The van der Waals surface area contributed by atoms with Crippen LogP contribution in [-0.4, -0.2) is 45.2 Å². The number of methoxy groups -OCH3 is 1. The zero-order valence-corrected chi connectivity index (χ0v) is 15.5. The first-order valence-electron chi connectivity index (χ1n) is 9.17. The molecule has 0 aliphatic carbocycles. The fourth-order valence-electron chi connectivity index (χ4n) is 3.45. The molecule has 0 saturated carbocycles. The summed E-state index contributed by atoms with van der Waals surface area (Å²) in [4.78, 5) is 21.2. The Hall–Kier alpha value is -3.75. The lowest BCUT2D eigenvalue weighted by atomic mass is 10.2. The van der Waals surface area contributed by atoms with Gasteiger partial charge in [0.25, 0.3) is 0 Å². The van der Waals surface area contributed by atoms with Gasteiger partial charge >= 0.3 is 0 Å². The van der Waals surface area contributed by atoms with Crippen LogP contribution in [0.1, 0.15) is 6.42 Å². The van der Waals surface area contributed by atoms with Crippen LogP contribution < -0.4 is 15.4 Å². The molecule has 0 bridgehead atoms. The molecule has 1 aliphatic heterocycles. The van der Waals surface area contributed by atoms with Crippen molar-refractivity contribution < 1.29 is 13.9 Å². The maximum atomic E-state index is 13.8. The number of halogens is 1. The normalized spacial score (nSPS) is 16.3. The summed E-state index contributed by atoms with van der Waals surface area (Å²) in [6, 6.07) is 11.3. The molecule has 0 radical (unpaired) electrons. The Morgan fingerprint density at radius 3 is 2.93 bits per heavy atom. The molecule has 1 fully saturated rings. The Kier molecular flexibility index (Phi) is 4.01. The lowest BCUT2D eigenvalue weighted by molar-refractivity contribution is -0.119. The second-order valence-corrected chi connectivity index (χ2v) is 6.78. The molecule has 1 atom stereocenters. The van der Waals surface area contributed by atoms with Gasteiger partial charge in [0.2, 0.25) is 11.9 Å². The van der Waals surface area contributed by atoms with E-state index in [0.717, 1.165) is 5.56 Å². The van der Waals surface area contributed by atoms with Gasteiger partial charge in [0.1, 0.15) is 17.6 Å². The first-order valence-corrected chi connectivity index (χ1v) is 9.17. The van der Waals surface area contributed by atoms with Crippen LogP contribution in [0.3, 0.4) is 0 Å². The number of benzene rings is 2. The van der Waals surface area contributed by atoms with E-state index >= 15 is 0 Å². The minimum Gasteiger partial charge on any atom is -0.497 e. The molecule has 0 unspecified atom stereocenters. The van der Waals surface area contributed by atoms with Crippen molar-refractivity contribution in [3.63, 3.8) is 0 Å². The van der Waals surface area contributed by atoms with E-state index in [0.29, 0.717) is 47.0 Å². The van der Waals surface area contributed by atoms with Gasteiger partial charge in [0, 0.05) is 23.6 Å². The number of amides is 1. The fraction of sp³-hybridized carbons (Fsp3) is 0.200. The van der Waals surface area contributed by atoms with E-state index in [-0.39, 0.29) is 5.91 Å². The summed E-state index contributed by atoms with van der Waals surface area (Å²) < 4.78 is 20.6. The quantitative estimate of drug-likeness (QED) is 0.554. The Morgan fingerprint density at radius 1 is 1.24 bits per heavy atom. The van der Waals surface area contributed by atoms with Crippen LogP contribution in [0, 0.1) is 5.82 Å². The monoisotopic (exact) mass is 392 g/mol. The summed E-state index contributed by atoms with van der Waals surface area (Å²) in [6.45, 7) is 0.592. The van der Waals surface area contributed by atoms with Gasteiger partial charge in [-0.05, 0) is 30.7 Å². The third-order valence-electron chi connectivity index (χ3n) is 4.91. The van der Waals surface area contributed by atoms with Gasteiger partial charge in [-0.3, -0.25) is 4.79 Å². The Balaban J connectivity index is 1.71. The maximum Gasteiger partial charge on any atom is 0.242 e. The zero-order chi connectivity index (χ0) is 20.0. The van der Waals surface area contributed by atoms with Crippen LogP contribution in [-0.2, 0) is 4.79 Å². The van der Waals surface area contributed by atoms with Crippen LogP contribution in [0.2, 0.25) is 0 Å². The SMILES string of the molecule is COc1cccc(-c2nc3c4ccc(F)cc4nc(N[C@@H]4CCNC4=O)n3n2)c1. The van der Waals surface area contributed by atoms with E-state index in [4.69, 9.17) is 4.74 Å². The number of hydrogen-bond donors (Lipinski definition) is 2. The van der Waals surface area contributed by atoms with Gasteiger partial charge in [0.15, 0.2) is 11.5 Å². The van der Waals surface area contributed by atoms with Crippen molar-refractivity contribution in [2.75, 3.05) is 19.0 Å². The molecular weight excluding hydrogens is 375 g/mol. The first kappa shape index (κ1) is 17.4. The van der Waals surface area contributed by atoms with E-state index < -0.39 is 11.9 Å². The van der Waals surface area contributed by atoms with Crippen LogP contribution in [0.25, 0.3) is 27.9 Å². The molecular formula is C20H17FN6O2. The number of rotatable bonds is 4. The molecule has 2 aromatic carbocycles. The molecule has 4 aromatic rings. The predicted octanol–water partition coefficient (Wildman–Crippen LogP) is 2.39. The topological polar surface area (TPSA) is 93.4 Å². The first-order chi connectivity index (χ1) is 14.1. The summed E-state index contributed by atoms with van der Waals surface area (Å²) in [6.07, 6.45) is 0.626. The number of carbonyl (C=O) groups excluding carboxylic acids is 1. The van der Waals surface area contributed by atoms with Crippen LogP contribution >= 0.6 is 0 Å². The van der Waals surface area contributed by atoms with Crippen molar-refractivity contribution >= 4 is 28.4 Å². The Labute approximate surface area is 164 Å². The number of aromatic nitrogens is 4. The van der Waals surface area contributed by atoms with E-state index in [1.165, 1.54) is 12.1 Å². The van der Waals surface area contributed by atoms with Gasteiger partial charge < -0.3 is 15.4 Å². The van der Waals surface area contributed by atoms with Gasteiger partial charge in [-0.1, -0.05) is 12.1 Å². The molecule has 1 saturated heterocycles. The third-order valence-corrected chi connectivity index (χ3v) is 4.91. The van der Waals surface area contributed by atoms with Gasteiger partial charge in [-0.15, -0.1) is 5.10 Å². The molecule has 0 spiro atoms. The third kappa shape index (κ3) is 3.00. The molecule has 2 N–H and O–H groups in total. The highest BCUT2D eigenvalue weighted by Gasteiger charge is 2.26. The summed E-state index contributed by atoms with van der Waals surface area (Å²) in [5.74, 6) is 0.995. The predicted molar refractivity (Wildman–Crippen MR) is 105 cm³/mol. The van der Waals surface area contributed by atoms with Gasteiger partial charge in [-0.2, -0.15) is 4.52 Å². The molecule has 29 heavy (non-hydrogen) atoms. The molecule has 3 heterocycles. The number of carbonyl (C=O) groups is 1. The van der Waals surface area contributed by atoms with E-state index in [1.807, 2.05) is 24.3 Å². The summed E-state index contributed by atoms with van der Waals surface area (Å²) in [5, 5.41) is 11.2. The molecule has 1 amide bonds. The summed E-state index contributed by atoms with van der Waals surface area (Å²) >= 11 is 0.